The van der Waals surface area contributed by atoms with Gasteiger partial charge in [-0.2, -0.15) is 0 Å². The van der Waals surface area contributed by atoms with E-state index in [-0.39, 0.29) is 18.1 Å². The number of nitro benzene ring substituents is 1. The first-order chi connectivity index (χ1) is 11.0. The molecule has 0 radical (unpaired) electrons. The van der Waals surface area contributed by atoms with Crippen molar-refractivity contribution >= 4 is 34.6 Å². The largest absolute Gasteiger partial charge is 0.378 e. The molecule has 0 spiro atoms. The molecule has 1 N–H and O–H groups in total. The summed E-state index contributed by atoms with van der Waals surface area (Å²) >= 11 is 5.25. The van der Waals surface area contributed by atoms with E-state index in [9.17, 15) is 14.9 Å². The number of ether oxygens (including phenoxy) is 1. The molecule has 1 saturated heterocycles. The van der Waals surface area contributed by atoms with Gasteiger partial charge in [-0.1, -0.05) is 0 Å². The summed E-state index contributed by atoms with van der Waals surface area (Å²) < 4.78 is 5.21. The van der Waals surface area contributed by atoms with Crippen LogP contribution in [0.2, 0.25) is 0 Å². The normalized spacial score (nSPS) is 14.2. The molecule has 1 aromatic rings. The Morgan fingerprint density at radius 3 is 2.57 bits per heavy atom. The number of nitrogens with one attached hydrogen (secondary N) is 1. The van der Waals surface area contributed by atoms with Gasteiger partial charge in [0.1, 0.15) is 0 Å². The SMILES string of the molecule is CN(CC(=O)N1CCOCC1)C(=S)Nc1ccc([N+](=O)[O-])cc1. The van der Waals surface area contributed by atoms with Crippen molar-refractivity contribution in [2.75, 3.05) is 45.2 Å². The Morgan fingerprint density at radius 1 is 1.39 bits per heavy atom. The van der Waals surface area contributed by atoms with Crippen LogP contribution in [0.15, 0.2) is 24.3 Å². The molecule has 2 rings (SSSR count). The van der Waals surface area contributed by atoms with E-state index in [0.29, 0.717) is 37.1 Å². The van der Waals surface area contributed by atoms with Crippen LogP contribution in [-0.2, 0) is 9.53 Å². The summed E-state index contributed by atoms with van der Waals surface area (Å²) in [5.41, 5.74) is 0.642. The molecule has 1 heterocycles. The number of likely N-dealkylation sites (N-methyl/N-ethyl adjacent to an activating group) is 1. The van der Waals surface area contributed by atoms with Crippen LogP contribution in [0, 0.1) is 10.1 Å². The van der Waals surface area contributed by atoms with Gasteiger partial charge in [0.25, 0.3) is 5.69 Å². The molecule has 0 aliphatic carbocycles. The second kappa shape index (κ2) is 7.84. The first-order valence-corrected chi connectivity index (χ1v) is 7.50. The van der Waals surface area contributed by atoms with Gasteiger partial charge in [0.15, 0.2) is 5.11 Å². The van der Waals surface area contributed by atoms with E-state index in [4.69, 9.17) is 17.0 Å². The van der Waals surface area contributed by atoms with Crippen molar-refractivity contribution in [2.24, 2.45) is 0 Å². The van der Waals surface area contributed by atoms with Crippen LogP contribution in [-0.4, -0.2) is 65.6 Å². The van der Waals surface area contributed by atoms with Gasteiger partial charge in [0.05, 0.1) is 24.7 Å². The molecule has 1 aliphatic heterocycles. The molecule has 0 saturated carbocycles. The molecule has 9 heteroatoms. The lowest BCUT2D eigenvalue weighted by atomic mass is 10.3. The zero-order valence-corrected chi connectivity index (χ0v) is 13.5. The van der Waals surface area contributed by atoms with E-state index in [1.807, 2.05) is 0 Å². The summed E-state index contributed by atoms with van der Waals surface area (Å²) in [5, 5.41) is 13.9. The number of carbonyl (C=O) groups is 1. The number of hydrogen-bond donors (Lipinski definition) is 1. The smallest absolute Gasteiger partial charge is 0.269 e. The number of carbonyl (C=O) groups excluding carboxylic acids is 1. The Labute approximate surface area is 139 Å². The number of thiocarbonyl (C=S) groups is 1. The Morgan fingerprint density at radius 2 is 2.00 bits per heavy atom. The lowest BCUT2D eigenvalue weighted by Crippen LogP contribution is -2.46. The number of benzene rings is 1. The highest BCUT2D eigenvalue weighted by molar-refractivity contribution is 7.80. The van der Waals surface area contributed by atoms with Crippen LogP contribution in [0.4, 0.5) is 11.4 Å². The average Bonchev–Trinajstić information content (AvgIpc) is 2.56. The van der Waals surface area contributed by atoms with Crippen LogP contribution < -0.4 is 5.32 Å². The predicted octanol–water partition coefficient (Wildman–Crippen LogP) is 1.08. The topological polar surface area (TPSA) is 88.0 Å². The van der Waals surface area contributed by atoms with E-state index in [1.165, 1.54) is 12.1 Å². The highest BCUT2D eigenvalue weighted by Gasteiger charge is 2.19. The lowest BCUT2D eigenvalue weighted by Gasteiger charge is -2.29. The monoisotopic (exact) mass is 338 g/mol. The third-order valence-electron chi connectivity index (χ3n) is 3.41. The van der Waals surface area contributed by atoms with Gasteiger partial charge in [-0.15, -0.1) is 0 Å². The summed E-state index contributed by atoms with van der Waals surface area (Å²) in [5.74, 6) is -0.0105. The Hall–Kier alpha value is -2.26. The van der Waals surface area contributed by atoms with E-state index < -0.39 is 4.92 Å². The molecule has 0 atom stereocenters. The number of non-ortho nitro benzene ring substituents is 1. The Kier molecular flexibility index (Phi) is 5.83. The third-order valence-corrected chi connectivity index (χ3v) is 3.83. The fourth-order valence-electron chi connectivity index (χ4n) is 2.07. The minimum atomic E-state index is -0.463. The minimum Gasteiger partial charge on any atom is -0.378 e. The molecule has 0 bridgehead atoms. The number of nitro groups is 1. The second-order valence-corrected chi connectivity index (χ2v) is 5.47. The summed E-state index contributed by atoms with van der Waals surface area (Å²) in [6, 6.07) is 5.93. The average molecular weight is 338 g/mol. The van der Waals surface area contributed by atoms with E-state index >= 15 is 0 Å². The molecular weight excluding hydrogens is 320 g/mol. The number of hydrogen-bond acceptors (Lipinski definition) is 5. The molecule has 8 nitrogen and oxygen atoms in total. The molecule has 0 aromatic heterocycles. The lowest BCUT2D eigenvalue weighted by molar-refractivity contribution is -0.384. The highest BCUT2D eigenvalue weighted by Crippen LogP contribution is 2.15. The number of morpholine rings is 1. The van der Waals surface area contributed by atoms with Crippen LogP contribution in [0.5, 0.6) is 0 Å². The molecule has 1 fully saturated rings. The summed E-state index contributed by atoms with van der Waals surface area (Å²) in [7, 11) is 1.72. The van der Waals surface area contributed by atoms with Crippen molar-refractivity contribution in [3.63, 3.8) is 0 Å². The summed E-state index contributed by atoms with van der Waals surface area (Å²) in [6.45, 7) is 2.46. The molecule has 1 amide bonds. The Bertz CT molecular complexity index is 587. The summed E-state index contributed by atoms with van der Waals surface area (Å²) in [6.07, 6.45) is 0. The van der Waals surface area contributed by atoms with Gasteiger partial charge >= 0.3 is 0 Å². The molecule has 23 heavy (non-hydrogen) atoms. The van der Waals surface area contributed by atoms with E-state index in [1.54, 1.807) is 29.0 Å². The fourth-order valence-corrected chi connectivity index (χ4v) is 2.26. The standard InChI is InChI=1S/C14H18N4O4S/c1-16(10-13(19)17-6-8-22-9-7-17)14(23)15-11-2-4-12(5-3-11)18(20)21/h2-5H,6-10H2,1H3,(H,15,23). The maximum absolute atomic E-state index is 12.2. The van der Waals surface area contributed by atoms with E-state index in [0.717, 1.165) is 0 Å². The quantitative estimate of drug-likeness (QED) is 0.499. The number of nitrogens with zero attached hydrogens (tertiary/aromatic N) is 3. The molecule has 1 aliphatic rings. The van der Waals surface area contributed by atoms with Crippen molar-refractivity contribution in [3.8, 4) is 0 Å². The molecular formula is C14H18N4O4S. The van der Waals surface area contributed by atoms with Crippen molar-refractivity contribution in [2.45, 2.75) is 0 Å². The Balaban J connectivity index is 1.86. The minimum absolute atomic E-state index is 0.0105. The first kappa shape index (κ1) is 17.1. The van der Waals surface area contributed by atoms with Gasteiger partial charge in [-0.3, -0.25) is 14.9 Å². The van der Waals surface area contributed by atoms with Crippen molar-refractivity contribution in [1.82, 2.24) is 9.80 Å². The molecule has 124 valence electrons. The summed E-state index contributed by atoms with van der Waals surface area (Å²) in [4.78, 5) is 25.7. The van der Waals surface area contributed by atoms with Gasteiger partial charge in [-0.05, 0) is 24.4 Å². The van der Waals surface area contributed by atoms with Crippen LogP contribution in [0.25, 0.3) is 0 Å². The zero-order chi connectivity index (χ0) is 16.8. The van der Waals surface area contributed by atoms with Crippen LogP contribution in [0.1, 0.15) is 0 Å². The molecule has 0 unspecified atom stereocenters. The van der Waals surface area contributed by atoms with Gasteiger partial charge < -0.3 is 19.9 Å². The second-order valence-electron chi connectivity index (χ2n) is 5.08. The molecule has 1 aromatic carbocycles. The fraction of sp³-hybridized carbons (Fsp3) is 0.429. The number of amides is 1. The number of anilines is 1. The van der Waals surface area contributed by atoms with Gasteiger partial charge in [-0.25, -0.2) is 0 Å². The maximum atomic E-state index is 12.2. The third kappa shape index (κ3) is 4.86. The van der Waals surface area contributed by atoms with E-state index in [2.05, 4.69) is 5.32 Å². The van der Waals surface area contributed by atoms with Crippen LogP contribution >= 0.6 is 12.2 Å². The maximum Gasteiger partial charge on any atom is 0.269 e. The first-order valence-electron chi connectivity index (χ1n) is 7.09. The number of rotatable bonds is 4. The van der Waals surface area contributed by atoms with Gasteiger partial charge in [0.2, 0.25) is 5.91 Å². The highest BCUT2D eigenvalue weighted by atomic mass is 32.1. The predicted molar refractivity (Wildman–Crippen MR) is 89.3 cm³/mol. The van der Waals surface area contributed by atoms with Crippen molar-refractivity contribution in [1.29, 1.82) is 0 Å². The zero-order valence-electron chi connectivity index (χ0n) is 12.7. The van der Waals surface area contributed by atoms with Gasteiger partial charge in [0, 0.05) is 38.0 Å². The van der Waals surface area contributed by atoms with Crippen molar-refractivity contribution < 1.29 is 14.5 Å². The van der Waals surface area contributed by atoms with Crippen molar-refractivity contribution in [3.05, 3.63) is 34.4 Å². The van der Waals surface area contributed by atoms with Crippen LogP contribution in [0.3, 0.4) is 0 Å².